The van der Waals surface area contributed by atoms with Crippen LogP contribution in [-0.2, 0) is 20.9 Å². The quantitative estimate of drug-likeness (QED) is 0.773. The van der Waals surface area contributed by atoms with Gasteiger partial charge in [-0.25, -0.2) is 0 Å². The lowest BCUT2D eigenvalue weighted by molar-refractivity contribution is -0.133. The van der Waals surface area contributed by atoms with Crippen LogP contribution >= 0.6 is 0 Å². The molecule has 1 aromatic carbocycles. The maximum Gasteiger partial charge on any atom is 0.249 e. The molecule has 1 fully saturated rings. The average Bonchev–Trinajstić information content (AvgIpc) is 2.55. The van der Waals surface area contributed by atoms with Crippen LogP contribution in [0.2, 0.25) is 0 Å². The van der Waals surface area contributed by atoms with Gasteiger partial charge in [0.05, 0.1) is 13.2 Å². The Balaban J connectivity index is 1.69. The van der Waals surface area contributed by atoms with Crippen molar-refractivity contribution in [1.82, 2.24) is 10.2 Å². The van der Waals surface area contributed by atoms with Crippen LogP contribution < -0.4 is 11.1 Å². The third-order valence-electron chi connectivity index (χ3n) is 4.03. The Morgan fingerprint density at radius 3 is 2.57 bits per heavy atom. The molecular weight excluding hydrogens is 294 g/mol. The second kappa shape index (κ2) is 8.64. The SMILES string of the molecule is C[C@@H](OCc1ccccc1)C(=O)NC1CCN(CC(N)=O)CC1. The van der Waals surface area contributed by atoms with Crippen LogP contribution in [0, 0.1) is 0 Å². The monoisotopic (exact) mass is 319 g/mol. The molecule has 0 spiro atoms. The van der Waals surface area contributed by atoms with E-state index in [1.165, 1.54) is 0 Å². The normalized spacial score (nSPS) is 17.6. The van der Waals surface area contributed by atoms with Crippen LogP contribution in [0.15, 0.2) is 30.3 Å². The van der Waals surface area contributed by atoms with Gasteiger partial charge in [0.1, 0.15) is 6.10 Å². The fraction of sp³-hybridized carbons (Fsp3) is 0.529. The fourth-order valence-electron chi connectivity index (χ4n) is 2.65. The highest BCUT2D eigenvalue weighted by Crippen LogP contribution is 2.11. The van der Waals surface area contributed by atoms with Gasteiger partial charge in [-0.1, -0.05) is 30.3 Å². The first-order valence-corrected chi connectivity index (χ1v) is 8.01. The van der Waals surface area contributed by atoms with E-state index in [1.54, 1.807) is 6.92 Å². The number of benzene rings is 1. The van der Waals surface area contributed by atoms with Gasteiger partial charge in [-0.3, -0.25) is 14.5 Å². The van der Waals surface area contributed by atoms with Gasteiger partial charge in [-0.2, -0.15) is 0 Å². The lowest BCUT2D eigenvalue weighted by Crippen LogP contribution is -2.48. The minimum atomic E-state index is -0.487. The van der Waals surface area contributed by atoms with Crippen molar-refractivity contribution < 1.29 is 14.3 Å². The molecule has 0 unspecified atom stereocenters. The highest BCUT2D eigenvalue weighted by molar-refractivity contribution is 5.80. The molecule has 1 aromatic rings. The molecule has 1 atom stereocenters. The van der Waals surface area contributed by atoms with E-state index < -0.39 is 6.10 Å². The maximum atomic E-state index is 12.2. The standard InChI is InChI=1S/C17H25N3O3/c1-13(23-12-14-5-3-2-4-6-14)17(22)19-15-7-9-20(10-8-15)11-16(18)21/h2-6,13,15H,7-12H2,1H3,(H2,18,21)(H,19,22)/t13-/m1/s1. The summed E-state index contributed by atoms with van der Waals surface area (Å²) in [5.74, 6) is -0.398. The van der Waals surface area contributed by atoms with Gasteiger partial charge in [0, 0.05) is 19.1 Å². The van der Waals surface area contributed by atoms with Crippen molar-refractivity contribution in [2.75, 3.05) is 19.6 Å². The third kappa shape index (κ3) is 6.00. The van der Waals surface area contributed by atoms with Crippen molar-refractivity contribution in [3.63, 3.8) is 0 Å². The summed E-state index contributed by atoms with van der Waals surface area (Å²) in [7, 11) is 0. The first kappa shape index (κ1) is 17.4. The molecule has 2 amide bonds. The first-order valence-electron chi connectivity index (χ1n) is 8.01. The summed E-state index contributed by atoms with van der Waals surface area (Å²) < 4.78 is 5.62. The van der Waals surface area contributed by atoms with Gasteiger partial charge in [0.25, 0.3) is 0 Å². The molecule has 23 heavy (non-hydrogen) atoms. The van der Waals surface area contributed by atoms with Gasteiger partial charge in [0.2, 0.25) is 11.8 Å². The Morgan fingerprint density at radius 1 is 1.30 bits per heavy atom. The molecule has 0 aromatic heterocycles. The third-order valence-corrected chi connectivity index (χ3v) is 4.03. The zero-order valence-electron chi connectivity index (χ0n) is 13.5. The lowest BCUT2D eigenvalue weighted by atomic mass is 10.0. The van der Waals surface area contributed by atoms with E-state index in [9.17, 15) is 9.59 Å². The molecule has 6 nitrogen and oxygen atoms in total. The number of nitrogens with two attached hydrogens (primary N) is 1. The summed E-state index contributed by atoms with van der Waals surface area (Å²) in [5.41, 5.74) is 6.24. The lowest BCUT2D eigenvalue weighted by Gasteiger charge is -2.32. The number of carbonyl (C=O) groups excluding carboxylic acids is 2. The number of likely N-dealkylation sites (tertiary alicyclic amines) is 1. The van der Waals surface area contributed by atoms with E-state index >= 15 is 0 Å². The minimum absolute atomic E-state index is 0.0886. The predicted octanol–water partition coefficient (Wildman–Crippen LogP) is 0.658. The Kier molecular flexibility index (Phi) is 6.55. The Labute approximate surface area is 137 Å². The van der Waals surface area contributed by atoms with Crippen molar-refractivity contribution in [1.29, 1.82) is 0 Å². The summed E-state index contributed by atoms with van der Waals surface area (Å²) in [6.07, 6.45) is 1.16. The van der Waals surface area contributed by atoms with Crippen molar-refractivity contribution in [2.45, 2.75) is 38.5 Å². The number of primary amides is 1. The molecule has 6 heteroatoms. The van der Waals surface area contributed by atoms with E-state index in [-0.39, 0.29) is 24.4 Å². The Morgan fingerprint density at radius 2 is 1.96 bits per heavy atom. The summed E-state index contributed by atoms with van der Waals surface area (Å²) in [4.78, 5) is 25.1. The topological polar surface area (TPSA) is 84.7 Å². The number of carbonyl (C=O) groups is 2. The Bertz CT molecular complexity index is 513. The van der Waals surface area contributed by atoms with Crippen LogP contribution in [0.3, 0.4) is 0 Å². The molecule has 126 valence electrons. The molecule has 1 saturated heterocycles. The van der Waals surface area contributed by atoms with Gasteiger partial charge >= 0.3 is 0 Å². The van der Waals surface area contributed by atoms with Crippen LogP contribution in [0.5, 0.6) is 0 Å². The number of nitrogens with zero attached hydrogens (tertiary/aromatic N) is 1. The van der Waals surface area contributed by atoms with Gasteiger partial charge in [0.15, 0.2) is 0 Å². The molecule has 1 aliphatic heterocycles. The van der Waals surface area contributed by atoms with Crippen LogP contribution in [0.25, 0.3) is 0 Å². The second-order valence-corrected chi connectivity index (χ2v) is 5.96. The highest BCUT2D eigenvalue weighted by atomic mass is 16.5. The molecule has 1 aliphatic rings. The number of hydrogen-bond donors (Lipinski definition) is 2. The zero-order valence-corrected chi connectivity index (χ0v) is 13.5. The summed E-state index contributed by atoms with van der Waals surface area (Å²) >= 11 is 0. The van der Waals surface area contributed by atoms with Crippen LogP contribution in [0.4, 0.5) is 0 Å². The highest BCUT2D eigenvalue weighted by Gasteiger charge is 2.23. The minimum Gasteiger partial charge on any atom is -0.369 e. The molecular formula is C17H25N3O3. The number of rotatable bonds is 7. The fourth-order valence-corrected chi connectivity index (χ4v) is 2.65. The molecule has 2 rings (SSSR count). The number of ether oxygens (including phenoxy) is 1. The van der Waals surface area contributed by atoms with Crippen LogP contribution in [0.1, 0.15) is 25.3 Å². The van der Waals surface area contributed by atoms with E-state index in [4.69, 9.17) is 10.5 Å². The number of piperidine rings is 1. The van der Waals surface area contributed by atoms with Crippen molar-refractivity contribution in [3.8, 4) is 0 Å². The van der Waals surface area contributed by atoms with Crippen molar-refractivity contribution in [2.24, 2.45) is 5.73 Å². The Hall–Kier alpha value is -1.92. The van der Waals surface area contributed by atoms with E-state index in [2.05, 4.69) is 5.32 Å². The summed E-state index contributed by atoms with van der Waals surface area (Å²) in [6.45, 7) is 4.02. The summed E-state index contributed by atoms with van der Waals surface area (Å²) in [6, 6.07) is 9.92. The largest absolute Gasteiger partial charge is 0.369 e. The molecule has 0 aliphatic carbocycles. The molecule has 3 N–H and O–H groups in total. The van der Waals surface area contributed by atoms with E-state index in [0.717, 1.165) is 31.5 Å². The van der Waals surface area contributed by atoms with Crippen molar-refractivity contribution in [3.05, 3.63) is 35.9 Å². The average molecular weight is 319 g/mol. The number of hydrogen-bond acceptors (Lipinski definition) is 4. The van der Waals surface area contributed by atoms with Crippen LogP contribution in [-0.4, -0.2) is 48.5 Å². The second-order valence-electron chi connectivity index (χ2n) is 5.96. The molecule has 1 heterocycles. The van der Waals surface area contributed by atoms with E-state index in [0.29, 0.717) is 6.61 Å². The molecule has 0 radical (unpaired) electrons. The first-order chi connectivity index (χ1) is 11.0. The molecule has 0 bridgehead atoms. The summed E-state index contributed by atoms with van der Waals surface area (Å²) in [5, 5.41) is 3.02. The predicted molar refractivity (Wildman–Crippen MR) is 87.5 cm³/mol. The number of amides is 2. The number of nitrogens with one attached hydrogen (secondary N) is 1. The zero-order chi connectivity index (χ0) is 16.7. The smallest absolute Gasteiger partial charge is 0.249 e. The maximum absolute atomic E-state index is 12.2. The van der Waals surface area contributed by atoms with Gasteiger partial charge < -0.3 is 15.8 Å². The van der Waals surface area contributed by atoms with Gasteiger partial charge in [-0.15, -0.1) is 0 Å². The van der Waals surface area contributed by atoms with Crippen molar-refractivity contribution >= 4 is 11.8 Å². The van der Waals surface area contributed by atoms with Gasteiger partial charge in [-0.05, 0) is 25.3 Å². The molecule has 0 saturated carbocycles. The van der Waals surface area contributed by atoms with E-state index in [1.807, 2.05) is 35.2 Å².